The molecule has 1 aromatic heterocycles. The Kier molecular flexibility index (Phi) is 3.63. The maximum Gasteiger partial charge on any atom is 0.262 e. The van der Waals surface area contributed by atoms with Crippen molar-refractivity contribution in [1.82, 2.24) is 9.88 Å². The van der Waals surface area contributed by atoms with E-state index in [0.717, 1.165) is 19.4 Å². The van der Waals surface area contributed by atoms with Crippen molar-refractivity contribution < 1.29 is 4.79 Å². The summed E-state index contributed by atoms with van der Waals surface area (Å²) in [5.74, 6) is -0.0742. The van der Waals surface area contributed by atoms with Crippen LogP contribution in [0.3, 0.4) is 0 Å². The molecule has 0 bridgehead atoms. The van der Waals surface area contributed by atoms with Crippen molar-refractivity contribution in [2.45, 2.75) is 18.9 Å². The number of likely N-dealkylation sites (tertiary alicyclic amines) is 1. The molecule has 6 heteroatoms. The third-order valence-corrected chi connectivity index (χ3v) is 3.60. The van der Waals surface area contributed by atoms with Crippen LogP contribution in [0, 0.1) is 0 Å². The molecule has 17 heavy (non-hydrogen) atoms. The maximum atomic E-state index is 12.2. The molecule has 0 radical (unpaired) electrons. The number of carbonyl (C=O) groups is 1. The summed E-state index contributed by atoms with van der Waals surface area (Å²) in [5.41, 5.74) is 5.88. The van der Waals surface area contributed by atoms with Gasteiger partial charge in [-0.25, -0.2) is 0 Å². The molecule has 1 aliphatic rings. The van der Waals surface area contributed by atoms with Crippen LogP contribution in [0.15, 0.2) is 21.5 Å². The molecule has 0 aliphatic carbocycles. The zero-order valence-electron chi connectivity index (χ0n) is 9.28. The van der Waals surface area contributed by atoms with E-state index in [-0.39, 0.29) is 17.5 Å². The predicted octanol–water partition coefficient (Wildman–Crippen LogP) is 0.701. The highest BCUT2D eigenvalue weighted by molar-refractivity contribution is 9.10. The highest BCUT2D eigenvalue weighted by Gasteiger charge is 2.28. The van der Waals surface area contributed by atoms with Crippen LogP contribution in [0.2, 0.25) is 0 Å². The molecule has 1 saturated heterocycles. The van der Waals surface area contributed by atoms with E-state index in [0.29, 0.717) is 16.6 Å². The Morgan fingerprint density at radius 3 is 3.06 bits per heavy atom. The third kappa shape index (κ3) is 2.42. The Morgan fingerprint density at radius 2 is 2.41 bits per heavy atom. The third-order valence-electron chi connectivity index (χ3n) is 3.01. The number of H-pyrrole nitrogens is 1. The number of amides is 1. The largest absolute Gasteiger partial charge is 0.334 e. The van der Waals surface area contributed by atoms with Crippen molar-refractivity contribution in [2.75, 3.05) is 13.1 Å². The summed E-state index contributed by atoms with van der Waals surface area (Å²) >= 11 is 3.12. The van der Waals surface area contributed by atoms with Gasteiger partial charge in [-0.05, 0) is 34.8 Å². The van der Waals surface area contributed by atoms with Crippen LogP contribution in [0.5, 0.6) is 0 Å². The fourth-order valence-electron chi connectivity index (χ4n) is 2.09. The molecule has 3 N–H and O–H groups in total. The Balaban J connectivity index is 2.24. The van der Waals surface area contributed by atoms with Crippen molar-refractivity contribution in [3.63, 3.8) is 0 Å². The summed E-state index contributed by atoms with van der Waals surface area (Å²) < 4.78 is 0.367. The van der Waals surface area contributed by atoms with E-state index in [1.165, 1.54) is 6.20 Å². The smallest absolute Gasteiger partial charge is 0.262 e. The number of nitrogens with two attached hydrogens (primary N) is 1. The zero-order chi connectivity index (χ0) is 12.4. The van der Waals surface area contributed by atoms with Gasteiger partial charge in [-0.2, -0.15) is 0 Å². The number of hydrogen-bond acceptors (Lipinski definition) is 3. The Hall–Kier alpha value is -1.14. The molecular weight excluding hydrogens is 286 g/mol. The molecule has 92 valence electrons. The van der Waals surface area contributed by atoms with Gasteiger partial charge in [0.15, 0.2) is 0 Å². The van der Waals surface area contributed by atoms with Crippen LogP contribution in [0.25, 0.3) is 0 Å². The zero-order valence-corrected chi connectivity index (χ0v) is 10.9. The standard InChI is InChI=1S/C11H14BrN3O2/c12-9-4-7(6-14-10(9)16)11(17)15-3-1-2-8(15)5-13/h4,6,8H,1-3,5,13H2,(H,14,16)/t8-/m0/s1. The SMILES string of the molecule is NC[C@@H]1CCCN1C(=O)c1c[nH]c(=O)c(Br)c1. The number of aromatic amines is 1. The summed E-state index contributed by atoms with van der Waals surface area (Å²) in [6.45, 7) is 1.22. The number of hydrogen-bond donors (Lipinski definition) is 2. The Bertz CT molecular complexity index is 486. The van der Waals surface area contributed by atoms with E-state index in [1.54, 1.807) is 11.0 Å². The molecule has 0 aromatic carbocycles. The lowest BCUT2D eigenvalue weighted by Crippen LogP contribution is -2.40. The Morgan fingerprint density at radius 1 is 1.65 bits per heavy atom. The number of pyridine rings is 1. The lowest BCUT2D eigenvalue weighted by molar-refractivity contribution is 0.0740. The van der Waals surface area contributed by atoms with Gasteiger partial charge in [0.2, 0.25) is 0 Å². The monoisotopic (exact) mass is 299 g/mol. The second-order valence-corrected chi connectivity index (χ2v) is 4.95. The number of nitrogens with zero attached hydrogens (tertiary/aromatic N) is 1. The number of aromatic nitrogens is 1. The maximum absolute atomic E-state index is 12.2. The van der Waals surface area contributed by atoms with Gasteiger partial charge in [0.1, 0.15) is 0 Å². The molecule has 0 spiro atoms. The van der Waals surface area contributed by atoms with E-state index in [1.807, 2.05) is 0 Å². The van der Waals surface area contributed by atoms with Gasteiger partial charge in [0.05, 0.1) is 10.0 Å². The van der Waals surface area contributed by atoms with Crippen molar-refractivity contribution in [3.05, 3.63) is 32.7 Å². The molecule has 1 atom stereocenters. The molecular formula is C11H14BrN3O2. The number of rotatable bonds is 2. The number of halogens is 1. The van der Waals surface area contributed by atoms with Crippen molar-refractivity contribution in [1.29, 1.82) is 0 Å². The molecule has 0 unspecified atom stereocenters. The minimum atomic E-state index is -0.238. The molecule has 5 nitrogen and oxygen atoms in total. The second-order valence-electron chi connectivity index (χ2n) is 4.10. The van der Waals surface area contributed by atoms with Gasteiger partial charge in [0.25, 0.3) is 11.5 Å². The molecule has 1 amide bonds. The molecule has 0 saturated carbocycles. The van der Waals surface area contributed by atoms with E-state index in [2.05, 4.69) is 20.9 Å². The number of carbonyl (C=O) groups excluding carboxylic acids is 1. The van der Waals surface area contributed by atoms with Crippen molar-refractivity contribution in [3.8, 4) is 0 Å². The van der Waals surface area contributed by atoms with Gasteiger partial charge in [-0.1, -0.05) is 0 Å². The first kappa shape index (κ1) is 12.3. The Labute approximate surface area is 107 Å². The topological polar surface area (TPSA) is 79.2 Å². The molecule has 2 rings (SSSR count). The second kappa shape index (κ2) is 5.01. The van der Waals surface area contributed by atoms with Crippen molar-refractivity contribution >= 4 is 21.8 Å². The van der Waals surface area contributed by atoms with E-state index in [9.17, 15) is 9.59 Å². The first-order valence-electron chi connectivity index (χ1n) is 5.52. The fourth-order valence-corrected chi connectivity index (χ4v) is 2.45. The van der Waals surface area contributed by atoms with Crippen LogP contribution in [0.1, 0.15) is 23.2 Å². The van der Waals surface area contributed by atoms with Crippen LogP contribution < -0.4 is 11.3 Å². The summed E-state index contributed by atoms with van der Waals surface area (Å²) in [4.78, 5) is 27.7. The fraction of sp³-hybridized carbons (Fsp3) is 0.455. The van der Waals surface area contributed by atoms with Gasteiger partial charge in [0, 0.05) is 25.3 Å². The van der Waals surface area contributed by atoms with Crippen LogP contribution >= 0.6 is 15.9 Å². The molecule has 2 heterocycles. The summed E-state index contributed by atoms with van der Waals surface area (Å²) in [7, 11) is 0. The van der Waals surface area contributed by atoms with Gasteiger partial charge in [-0.15, -0.1) is 0 Å². The summed E-state index contributed by atoms with van der Waals surface area (Å²) in [6.07, 6.45) is 3.38. The highest BCUT2D eigenvalue weighted by Crippen LogP contribution is 2.19. The number of nitrogens with one attached hydrogen (secondary N) is 1. The van der Waals surface area contributed by atoms with Gasteiger partial charge in [-0.3, -0.25) is 9.59 Å². The summed E-state index contributed by atoms with van der Waals surface area (Å²) in [5, 5.41) is 0. The molecule has 1 aliphatic heterocycles. The average Bonchev–Trinajstić information content (AvgIpc) is 2.80. The quantitative estimate of drug-likeness (QED) is 0.844. The van der Waals surface area contributed by atoms with E-state index >= 15 is 0 Å². The van der Waals surface area contributed by atoms with Crippen LogP contribution in [-0.4, -0.2) is 34.9 Å². The minimum absolute atomic E-state index is 0.0742. The van der Waals surface area contributed by atoms with Gasteiger partial charge >= 0.3 is 0 Å². The normalized spacial score (nSPS) is 19.6. The molecule has 1 fully saturated rings. The lowest BCUT2D eigenvalue weighted by atomic mass is 10.2. The highest BCUT2D eigenvalue weighted by atomic mass is 79.9. The van der Waals surface area contributed by atoms with Gasteiger partial charge < -0.3 is 15.6 Å². The first-order chi connectivity index (χ1) is 8.13. The molecule has 1 aromatic rings. The van der Waals surface area contributed by atoms with Crippen LogP contribution in [-0.2, 0) is 0 Å². The van der Waals surface area contributed by atoms with Crippen molar-refractivity contribution in [2.24, 2.45) is 5.73 Å². The lowest BCUT2D eigenvalue weighted by Gasteiger charge is -2.23. The van der Waals surface area contributed by atoms with E-state index < -0.39 is 0 Å². The van der Waals surface area contributed by atoms with E-state index in [4.69, 9.17) is 5.73 Å². The summed E-state index contributed by atoms with van der Waals surface area (Å²) in [6, 6.07) is 1.67. The first-order valence-corrected chi connectivity index (χ1v) is 6.32. The van der Waals surface area contributed by atoms with Crippen LogP contribution in [0.4, 0.5) is 0 Å². The minimum Gasteiger partial charge on any atom is -0.334 e. The average molecular weight is 300 g/mol. The predicted molar refractivity (Wildman–Crippen MR) is 67.9 cm³/mol.